The van der Waals surface area contributed by atoms with E-state index in [9.17, 15) is 10.2 Å². The molecule has 0 aliphatic rings. The summed E-state index contributed by atoms with van der Waals surface area (Å²) < 4.78 is 11.5. The number of hydrogen-bond acceptors (Lipinski definition) is 8. The highest BCUT2D eigenvalue weighted by atomic mass is 16.5. The summed E-state index contributed by atoms with van der Waals surface area (Å²) in [5, 5.41) is 38.5. The predicted octanol–water partition coefficient (Wildman–Crippen LogP) is 4.41. The van der Waals surface area contributed by atoms with Crippen molar-refractivity contribution < 1.29 is 19.7 Å². The Morgan fingerprint density at radius 1 is 0.541 bits per heavy atom. The van der Waals surface area contributed by atoms with Crippen molar-refractivity contribution in [1.82, 2.24) is 30.0 Å². The zero-order chi connectivity index (χ0) is 25.2. The molecule has 2 aromatic heterocycles. The molecule has 184 valence electrons. The van der Waals surface area contributed by atoms with E-state index < -0.39 is 0 Å². The van der Waals surface area contributed by atoms with Gasteiger partial charge in [0.1, 0.15) is 56.4 Å². The van der Waals surface area contributed by atoms with Crippen molar-refractivity contribution in [1.29, 1.82) is 0 Å². The first-order valence-electron chi connectivity index (χ1n) is 11.7. The van der Waals surface area contributed by atoms with Crippen molar-refractivity contribution in [3.8, 4) is 34.4 Å². The number of benzene rings is 4. The predicted molar refractivity (Wildman–Crippen MR) is 137 cm³/mol. The molecule has 0 aliphatic carbocycles. The molecule has 10 heteroatoms. The van der Waals surface area contributed by atoms with Gasteiger partial charge in [0.25, 0.3) is 0 Å². The van der Waals surface area contributed by atoms with Gasteiger partial charge in [-0.3, -0.25) is 0 Å². The van der Waals surface area contributed by atoms with Crippen LogP contribution in [0.15, 0.2) is 84.9 Å². The Hall–Kier alpha value is -5.12. The number of aromatic hydroxyl groups is 2. The van der Waals surface area contributed by atoms with Crippen LogP contribution in [-0.4, -0.2) is 53.4 Å². The quantitative estimate of drug-likeness (QED) is 0.299. The maximum atomic E-state index is 10.5. The number of fused-ring (bicyclic) bond motifs is 2. The molecule has 0 bridgehead atoms. The van der Waals surface area contributed by atoms with E-state index in [0.717, 1.165) is 22.1 Å². The molecular formula is C27H22N6O4. The van der Waals surface area contributed by atoms with Crippen LogP contribution >= 0.6 is 0 Å². The summed E-state index contributed by atoms with van der Waals surface area (Å²) in [5.74, 6) is 1.09. The topological polar surface area (TPSA) is 120 Å². The van der Waals surface area contributed by atoms with E-state index in [2.05, 4.69) is 20.4 Å². The molecule has 2 N–H and O–H groups in total. The highest BCUT2D eigenvalue weighted by molar-refractivity contribution is 5.74. The van der Waals surface area contributed by atoms with Gasteiger partial charge in [0.05, 0.1) is 13.2 Å². The largest absolute Gasteiger partial charge is 0.505 e. The van der Waals surface area contributed by atoms with Crippen LogP contribution in [0, 0.1) is 0 Å². The molecule has 6 aromatic rings. The monoisotopic (exact) mass is 494 g/mol. The Kier molecular flexibility index (Phi) is 5.74. The van der Waals surface area contributed by atoms with E-state index in [0.29, 0.717) is 42.5 Å². The fourth-order valence-electron chi connectivity index (χ4n) is 3.90. The number of hydrogen-bond donors (Lipinski definition) is 2. The number of aromatic nitrogens is 6. The van der Waals surface area contributed by atoms with E-state index in [1.807, 2.05) is 48.5 Å². The minimum atomic E-state index is 0.0178. The maximum absolute atomic E-state index is 10.5. The first-order chi connectivity index (χ1) is 18.1. The van der Waals surface area contributed by atoms with Crippen molar-refractivity contribution in [2.45, 2.75) is 6.42 Å². The van der Waals surface area contributed by atoms with Gasteiger partial charge in [0.15, 0.2) is 0 Å². The van der Waals surface area contributed by atoms with Gasteiger partial charge < -0.3 is 19.7 Å². The van der Waals surface area contributed by atoms with E-state index in [1.54, 1.807) is 24.3 Å². The molecule has 0 atom stereocenters. The minimum Gasteiger partial charge on any atom is -0.505 e. The van der Waals surface area contributed by atoms with Crippen molar-refractivity contribution in [2.75, 3.05) is 13.2 Å². The molecule has 0 saturated heterocycles. The first-order valence-corrected chi connectivity index (χ1v) is 11.7. The van der Waals surface area contributed by atoms with Gasteiger partial charge >= 0.3 is 0 Å². The summed E-state index contributed by atoms with van der Waals surface area (Å²) in [6.45, 7) is 0.771. The van der Waals surface area contributed by atoms with Gasteiger partial charge in [-0.05, 0) is 48.5 Å². The third-order valence-corrected chi connectivity index (χ3v) is 5.72. The van der Waals surface area contributed by atoms with Crippen LogP contribution < -0.4 is 9.47 Å². The second kappa shape index (κ2) is 9.50. The summed E-state index contributed by atoms with van der Waals surface area (Å²) in [5.41, 5.74) is 3.92. The molecule has 0 aliphatic heterocycles. The number of ether oxygens (including phenoxy) is 2. The molecular weight excluding hydrogens is 472 g/mol. The Labute approximate surface area is 210 Å². The molecule has 0 fully saturated rings. The number of phenolic OH excluding ortho intramolecular Hbond substituents is 2. The van der Waals surface area contributed by atoms with Crippen LogP contribution in [-0.2, 0) is 0 Å². The van der Waals surface area contributed by atoms with E-state index >= 15 is 0 Å². The normalized spacial score (nSPS) is 11.2. The van der Waals surface area contributed by atoms with Gasteiger partial charge in [-0.1, -0.05) is 24.3 Å². The van der Waals surface area contributed by atoms with Crippen LogP contribution in [0.2, 0.25) is 0 Å². The molecule has 6 rings (SSSR count). The lowest BCUT2D eigenvalue weighted by Gasteiger charge is -2.10. The zero-order valence-corrected chi connectivity index (χ0v) is 19.6. The Morgan fingerprint density at radius 2 is 0.919 bits per heavy atom. The number of phenols is 2. The molecule has 0 amide bonds. The summed E-state index contributed by atoms with van der Waals surface area (Å²) in [4.78, 5) is 2.81. The molecule has 0 spiro atoms. The highest BCUT2D eigenvalue weighted by Gasteiger charge is 2.11. The Morgan fingerprint density at radius 3 is 1.27 bits per heavy atom. The molecule has 0 saturated carbocycles. The molecule has 4 aromatic carbocycles. The molecule has 10 nitrogen and oxygen atoms in total. The molecule has 0 radical (unpaired) electrons. The second-order valence-corrected chi connectivity index (χ2v) is 8.31. The van der Waals surface area contributed by atoms with Crippen molar-refractivity contribution in [2.24, 2.45) is 0 Å². The summed E-state index contributed by atoms with van der Waals surface area (Å²) >= 11 is 0. The molecule has 0 unspecified atom stereocenters. The fourth-order valence-corrected chi connectivity index (χ4v) is 3.90. The zero-order valence-electron chi connectivity index (χ0n) is 19.6. The van der Waals surface area contributed by atoms with Gasteiger partial charge in [0, 0.05) is 18.6 Å². The maximum Gasteiger partial charge on any atom is 0.146 e. The average Bonchev–Trinajstić information content (AvgIpc) is 3.53. The lowest BCUT2D eigenvalue weighted by atomic mass is 10.3. The third kappa shape index (κ3) is 4.59. The van der Waals surface area contributed by atoms with E-state index in [4.69, 9.17) is 9.47 Å². The smallest absolute Gasteiger partial charge is 0.146 e. The average molecular weight is 495 g/mol. The van der Waals surface area contributed by atoms with Crippen LogP contribution in [0.5, 0.6) is 23.0 Å². The summed E-state index contributed by atoms with van der Waals surface area (Å²) in [6, 6.07) is 25.0. The Bertz CT molecular complexity index is 1520. The summed E-state index contributed by atoms with van der Waals surface area (Å²) in [6.07, 6.45) is 0.600. The SMILES string of the molecule is Oc1cc(OCCCOc2ccc(-n3nc4ccccc4n3)c(O)c2)ccc1-n1nc2ccccc2n1. The molecule has 37 heavy (non-hydrogen) atoms. The highest BCUT2D eigenvalue weighted by Crippen LogP contribution is 2.28. The standard InChI is InChI=1S/C27H22N6O4/c34-26-16-18(10-12-24(26)32-28-20-6-1-2-7-21(20)29-32)36-14-5-15-37-19-11-13-25(27(35)17-19)33-30-22-8-3-4-9-23(22)31-33/h1-4,6-13,16-17,34-35H,5,14-15H2. The van der Waals surface area contributed by atoms with Gasteiger partial charge in [0.2, 0.25) is 0 Å². The minimum absolute atomic E-state index is 0.0178. The lowest BCUT2D eigenvalue weighted by molar-refractivity contribution is 0.246. The fraction of sp³-hybridized carbons (Fsp3) is 0.111. The van der Waals surface area contributed by atoms with Crippen molar-refractivity contribution in [3.63, 3.8) is 0 Å². The van der Waals surface area contributed by atoms with E-state index in [-0.39, 0.29) is 11.5 Å². The number of rotatable bonds is 8. The van der Waals surface area contributed by atoms with Crippen LogP contribution in [0.4, 0.5) is 0 Å². The van der Waals surface area contributed by atoms with Gasteiger partial charge in [-0.2, -0.15) is 0 Å². The number of nitrogens with zero attached hydrogens (tertiary/aromatic N) is 6. The Balaban J connectivity index is 1.02. The first kappa shape index (κ1) is 22.4. The van der Waals surface area contributed by atoms with Crippen molar-refractivity contribution >= 4 is 22.1 Å². The van der Waals surface area contributed by atoms with Crippen molar-refractivity contribution in [3.05, 3.63) is 84.9 Å². The van der Waals surface area contributed by atoms with Gasteiger partial charge in [-0.25, -0.2) is 0 Å². The molecule has 2 heterocycles. The van der Waals surface area contributed by atoms with Crippen LogP contribution in [0.1, 0.15) is 6.42 Å². The van der Waals surface area contributed by atoms with Crippen LogP contribution in [0.25, 0.3) is 33.4 Å². The van der Waals surface area contributed by atoms with E-state index in [1.165, 1.54) is 21.7 Å². The second-order valence-electron chi connectivity index (χ2n) is 8.31. The third-order valence-electron chi connectivity index (χ3n) is 5.72. The van der Waals surface area contributed by atoms with Gasteiger partial charge in [-0.15, -0.1) is 30.0 Å². The summed E-state index contributed by atoms with van der Waals surface area (Å²) in [7, 11) is 0. The lowest BCUT2D eigenvalue weighted by Crippen LogP contribution is -2.06. The van der Waals surface area contributed by atoms with Crippen LogP contribution in [0.3, 0.4) is 0 Å².